The molecule has 0 bridgehead atoms. The Morgan fingerprint density at radius 3 is 0.812 bits per heavy atom. The van der Waals surface area contributed by atoms with Gasteiger partial charge in [-0.1, -0.05) is 158 Å². The van der Waals surface area contributed by atoms with Gasteiger partial charge in [-0.05, 0) is 33.4 Å². The fraction of sp³-hybridized carbons (Fsp3) is 0.100. The van der Waals surface area contributed by atoms with Crippen molar-refractivity contribution >= 4 is 17.4 Å². The van der Waals surface area contributed by atoms with Gasteiger partial charge >= 0.3 is 46.9 Å². The Kier molecular flexibility index (Phi) is 13.3. The standard InChI is InChI=1S/C40H36N2O4.Al.Na/c43-33-23-11-7-19-29(33)39(30-20-8-12-24-34(30)44)41-37(27-15-3-1-4-16-27)38(28-17-5-2-6-18-28)42-40(31-21-9-13-25-35(31)45)32-22-10-14-26-36(32)46;;/h1-26,37-46H;;/q;+3;+1/p-4/t37-,38-;;/m1../s1. The molecule has 6 rings (SSSR count). The van der Waals surface area contributed by atoms with Crippen LogP contribution in [0.4, 0.5) is 0 Å². The Balaban J connectivity index is 0.00000260. The van der Waals surface area contributed by atoms with Crippen molar-refractivity contribution in [2.45, 2.75) is 24.2 Å². The van der Waals surface area contributed by atoms with Crippen LogP contribution in [-0.2, 0) is 0 Å². The summed E-state index contributed by atoms with van der Waals surface area (Å²) in [5.74, 6) is -0.786. The molecule has 8 heteroatoms. The summed E-state index contributed by atoms with van der Waals surface area (Å²) in [5, 5.41) is 60.6. The second kappa shape index (κ2) is 17.4. The molecule has 2 N–H and O–H groups in total. The summed E-state index contributed by atoms with van der Waals surface area (Å²) in [6.07, 6.45) is 0. The topological polar surface area (TPSA) is 116 Å². The molecule has 0 saturated heterocycles. The summed E-state index contributed by atoms with van der Waals surface area (Å²) in [4.78, 5) is 0. The Morgan fingerprint density at radius 1 is 0.333 bits per heavy atom. The molecular formula is C40H32AlN2NaO4. The summed E-state index contributed by atoms with van der Waals surface area (Å²) < 4.78 is 0. The average Bonchev–Trinajstić information content (AvgIpc) is 3.09. The molecule has 0 spiro atoms. The molecule has 0 aromatic heterocycles. The molecule has 48 heavy (non-hydrogen) atoms. The molecule has 0 heterocycles. The molecular weight excluding hydrogens is 622 g/mol. The van der Waals surface area contributed by atoms with Crippen molar-refractivity contribution in [3.05, 3.63) is 191 Å². The van der Waals surface area contributed by atoms with Crippen molar-refractivity contribution in [3.63, 3.8) is 0 Å². The number of benzene rings is 6. The Labute approximate surface area is 314 Å². The van der Waals surface area contributed by atoms with E-state index in [0.717, 1.165) is 11.1 Å². The minimum absolute atomic E-state index is 0. The van der Waals surface area contributed by atoms with Gasteiger partial charge in [-0.25, -0.2) is 0 Å². The van der Waals surface area contributed by atoms with E-state index in [-0.39, 0.29) is 69.9 Å². The minimum atomic E-state index is -0.766. The zero-order valence-corrected chi connectivity index (χ0v) is 29.7. The molecule has 0 aliphatic heterocycles. The zero-order valence-electron chi connectivity index (χ0n) is 26.5. The van der Waals surface area contributed by atoms with Gasteiger partial charge in [-0.2, -0.15) is 0 Å². The van der Waals surface area contributed by atoms with Crippen LogP contribution in [-0.4, -0.2) is 17.4 Å². The van der Waals surface area contributed by atoms with Crippen molar-refractivity contribution < 1.29 is 50.0 Å². The Hall–Kier alpha value is -4.03. The van der Waals surface area contributed by atoms with Crippen molar-refractivity contribution in [1.82, 2.24) is 10.6 Å². The van der Waals surface area contributed by atoms with E-state index < -0.39 is 24.2 Å². The molecule has 6 aromatic rings. The van der Waals surface area contributed by atoms with Gasteiger partial charge in [0.15, 0.2) is 0 Å². The van der Waals surface area contributed by atoms with Crippen molar-refractivity contribution in [3.8, 4) is 23.0 Å². The minimum Gasteiger partial charge on any atom is -0.872 e. The summed E-state index contributed by atoms with van der Waals surface area (Å²) in [7, 11) is 0. The van der Waals surface area contributed by atoms with E-state index in [1.165, 1.54) is 24.3 Å². The van der Waals surface area contributed by atoms with Crippen LogP contribution >= 0.6 is 0 Å². The van der Waals surface area contributed by atoms with Crippen LogP contribution in [0, 0.1) is 0 Å². The summed E-state index contributed by atoms with van der Waals surface area (Å²) >= 11 is 0. The summed E-state index contributed by atoms with van der Waals surface area (Å²) in [6.45, 7) is 0. The van der Waals surface area contributed by atoms with E-state index in [4.69, 9.17) is 0 Å². The first-order valence-electron chi connectivity index (χ1n) is 15.2. The normalized spacial score (nSPS) is 12.1. The third-order valence-electron chi connectivity index (χ3n) is 8.26. The van der Waals surface area contributed by atoms with Crippen molar-refractivity contribution in [2.75, 3.05) is 0 Å². The van der Waals surface area contributed by atoms with Gasteiger partial charge in [0, 0.05) is 0 Å². The van der Waals surface area contributed by atoms with Gasteiger partial charge in [0.25, 0.3) is 0 Å². The average molecular weight is 655 g/mol. The predicted octanol–water partition coefficient (Wildman–Crippen LogP) is 2.15. The number of nitrogens with one attached hydrogen (secondary N) is 2. The summed E-state index contributed by atoms with van der Waals surface area (Å²) in [5.41, 5.74) is 3.50. The van der Waals surface area contributed by atoms with E-state index >= 15 is 0 Å². The van der Waals surface area contributed by atoms with E-state index in [1.54, 1.807) is 72.8 Å². The maximum absolute atomic E-state index is 13.3. The molecule has 6 aromatic carbocycles. The molecule has 6 nitrogen and oxygen atoms in total. The molecule has 0 fully saturated rings. The second-order valence-electron chi connectivity index (χ2n) is 11.1. The van der Waals surface area contributed by atoms with E-state index in [1.807, 2.05) is 60.7 Å². The molecule has 0 amide bonds. The number of para-hydroxylation sites is 4. The maximum Gasteiger partial charge on any atom is 3.00 e. The zero-order chi connectivity index (χ0) is 31.9. The van der Waals surface area contributed by atoms with Crippen LogP contribution in [0.2, 0.25) is 0 Å². The van der Waals surface area contributed by atoms with E-state index in [0.29, 0.717) is 22.3 Å². The molecule has 230 valence electrons. The second-order valence-corrected chi connectivity index (χ2v) is 11.1. The van der Waals surface area contributed by atoms with Gasteiger partial charge in [0.1, 0.15) is 0 Å². The van der Waals surface area contributed by atoms with E-state index in [2.05, 4.69) is 10.6 Å². The Morgan fingerprint density at radius 2 is 0.562 bits per heavy atom. The first-order valence-corrected chi connectivity index (χ1v) is 15.2. The fourth-order valence-corrected chi connectivity index (χ4v) is 6.02. The monoisotopic (exact) mass is 654 g/mol. The largest absolute Gasteiger partial charge is 3.00 e. The SMILES string of the molecule is [Al+3].[Na+].[O-]c1ccccc1C(N[C@H](c1ccccc1)[C@H](NC(c1ccccc1[O-])c1ccccc1[O-])c1ccccc1)c1ccccc1[O-]. The quantitative estimate of drug-likeness (QED) is 0.207. The van der Waals surface area contributed by atoms with Gasteiger partial charge in [0.05, 0.1) is 24.2 Å². The van der Waals surface area contributed by atoms with Crippen LogP contribution in [0.15, 0.2) is 158 Å². The predicted molar refractivity (Wildman–Crippen MR) is 178 cm³/mol. The molecule has 0 radical (unpaired) electrons. The maximum atomic E-state index is 13.3. The van der Waals surface area contributed by atoms with Crippen LogP contribution in [0.5, 0.6) is 23.0 Å². The van der Waals surface area contributed by atoms with Crippen LogP contribution in [0.25, 0.3) is 0 Å². The van der Waals surface area contributed by atoms with Gasteiger partial charge in [-0.15, -0.1) is 23.0 Å². The van der Waals surface area contributed by atoms with Crippen LogP contribution < -0.4 is 60.6 Å². The third-order valence-corrected chi connectivity index (χ3v) is 8.26. The summed E-state index contributed by atoms with van der Waals surface area (Å²) in [6, 6.07) is 43.7. The van der Waals surface area contributed by atoms with Crippen molar-refractivity contribution in [1.29, 1.82) is 0 Å². The number of hydrogen-bond acceptors (Lipinski definition) is 6. The third kappa shape index (κ3) is 8.33. The molecule has 0 aliphatic carbocycles. The first-order chi connectivity index (χ1) is 22.5. The van der Waals surface area contributed by atoms with Crippen molar-refractivity contribution in [2.24, 2.45) is 0 Å². The molecule has 2 atom stereocenters. The Bertz CT molecular complexity index is 1660. The number of rotatable bonds is 11. The van der Waals surface area contributed by atoms with Gasteiger partial charge in [0.2, 0.25) is 0 Å². The van der Waals surface area contributed by atoms with Crippen LogP contribution in [0.1, 0.15) is 57.5 Å². The fourth-order valence-electron chi connectivity index (χ4n) is 6.02. The van der Waals surface area contributed by atoms with Gasteiger partial charge in [-0.3, -0.25) is 10.6 Å². The number of hydrogen-bond donors (Lipinski definition) is 2. The smallest absolute Gasteiger partial charge is 0.872 e. The first kappa shape index (κ1) is 36.8. The van der Waals surface area contributed by atoms with Crippen LogP contribution in [0.3, 0.4) is 0 Å². The van der Waals surface area contributed by atoms with Gasteiger partial charge < -0.3 is 20.4 Å². The molecule has 0 unspecified atom stereocenters. The molecule has 0 aliphatic rings. The molecule has 0 saturated carbocycles. The van der Waals surface area contributed by atoms with E-state index in [9.17, 15) is 20.4 Å².